The van der Waals surface area contributed by atoms with Crippen molar-refractivity contribution in [1.29, 1.82) is 0 Å². The van der Waals surface area contributed by atoms with Gasteiger partial charge in [-0.15, -0.1) is 0 Å². The van der Waals surface area contributed by atoms with Crippen LogP contribution in [0.25, 0.3) is 34.0 Å². The normalized spacial score (nSPS) is 18.2. The van der Waals surface area contributed by atoms with Crippen molar-refractivity contribution < 1.29 is 17.3 Å². The molecule has 0 saturated carbocycles. The number of halogens is 1. The number of alkyl halides is 1. The van der Waals surface area contributed by atoms with Gasteiger partial charge in [0.2, 0.25) is 0 Å². The van der Waals surface area contributed by atoms with Crippen molar-refractivity contribution in [3.05, 3.63) is 65.9 Å². The van der Waals surface area contributed by atoms with Crippen molar-refractivity contribution in [3.8, 4) is 34.0 Å². The van der Waals surface area contributed by atoms with Crippen LogP contribution in [0.4, 0.5) is 10.2 Å². The monoisotopic (exact) mass is 464 g/mol. The third kappa shape index (κ3) is 3.22. The van der Waals surface area contributed by atoms with Gasteiger partial charge in [0.15, 0.2) is 21.4 Å². The van der Waals surface area contributed by atoms with Crippen LogP contribution in [0.2, 0.25) is 0 Å². The smallest absolute Gasteiger partial charge is 0.187 e. The molecule has 1 aliphatic rings. The van der Waals surface area contributed by atoms with Crippen LogP contribution in [0, 0.1) is 6.92 Å². The maximum atomic E-state index is 15.0. The van der Waals surface area contributed by atoms with Crippen LogP contribution in [-0.2, 0) is 9.84 Å². The first-order valence-electron chi connectivity index (χ1n) is 10.3. The van der Waals surface area contributed by atoms with Gasteiger partial charge in [-0.2, -0.15) is 0 Å². The molecule has 1 aliphatic heterocycles. The van der Waals surface area contributed by atoms with Crippen LogP contribution in [0.15, 0.2) is 64.1 Å². The lowest BCUT2D eigenvalue weighted by Gasteiger charge is -2.19. The highest BCUT2D eigenvalue weighted by Crippen LogP contribution is 2.49. The molecule has 5 rings (SSSR count). The van der Waals surface area contributed by atoms with E-state index in [9.17, 15) is 8.42 Å². The van der Waals surface area contributed by atoms with Gasteiger partial charge >= 0.3 is 0 Å². The fourth-order valence-electron chi connectivity index (χ4n) is 3.91. The number of benzene rings is 2. The number of aryl methyl sites for hydroxylation is 1. The summed E-state index contributed by atoms with van der Waals surface area (Å²) in [5, 5.41) is 4.09. The summed E-state index contributed by atoms with van der Waals surface area (Å²) < 4.78 is 44.3. The molecule has 0 radical (unpaired) electrons. The fourth-order valence-corrected chi connectivity index (χ4v) is 5.60. The Morgan fingerprint density at radius 1 is 1.03 bits per heavy atom. The van der Waals surface area contributed by atoms with Gasteiger partial charge in [0.25, 0.3) is 0 Å². The van der Waals surface area contributed by atoms with E-state index in [2.05, 4.69) is 15.1 Å². The summed E-state index contributed by atoms with van der Waals surface area (Å²) in [7, 11) is -3.77. The van der Waals surface area contributed by atoms with Gasteiger partial charge in [-0.1, -0.05) is 41.1 Å². The Hall–Kier alpha value is -3.59. The van der Waals surface area contributed by atoms with Crippen LogP contribution in [0.3, 0.4) is 0 Å². The van der Waals surface area contributed by atoms with Gasteiger partial charge in [0.05, 0.1) is 16.8 Å². The predicted molar refractivity (Wildman–Crippen MR) is 123 cm³/mol. The molecule has 1 atom stereocenters. The summed E-state index contributed by atoms with van der Waals surface area (Å²) in [6.07, 6.45) is -0.185. The second kappa shape index (κ2) is 7.21. The molecule has 4 aromatic rings. The zero-order valence-corrected chi connectivity index (χ0v) is 19.0. The highest BCUT2D eigenvalue weighted by Gasteiger charge is 2.52. The minimum absolute atomic E-state index is 0.00613. The molecule has 2 aromatic heterocycles. The van der Waals surface area contributed by atoms with Gasteiger partial charge in [-0.25, -0.2) is 22.8 Å². The molecular weight excluding hydrogens is 443 g/mol. The number of fused-ring (bicyclic) bond motifs is 1. The van der Waals surface area contributed by atoms with Gasteiger partial charge in [0, 0.05) is 22.8 Å². The lowest BCUT2D eigenvalue weighted by atomic mass is 9.98. The number of anilines is 1. The van der Waals surface area contributed by atoms with Crippen molar-refractivity contribution in [3.63, 3.8) is 0 Å². The zero-order chi connectivity index (χ0) is 23.5. The first-order valence-corrected chi connectivity index (χ1v) is 11.8. The van der Waals surface area contributed by atoms with Crippen LogP contribution in [-0.4, -0.2) is 28.3 Å². The summed E-state index contributed by atoms with van der Waals surface area (Å²) in [5.74, 6) is 0.720. The van der Waals surface area contributed by atoms with Crippen LogP contribution in [0.1, 0.15) is 31.1 Å². The van der Waals surface area contributed by atoms with E-state index in [4.69, 9.17) is 10.3 Å². The summed E-state index contributed by atoms with van der Waals surface area (Å²) >= 11 is 0. The van der Waals surface area contributed by atoms with E-state index >= 15 is 4.39 Å². The molecule has 168 valence electrons. The number of hydrogen-bond acceptors (Lipinski definition) is 7. The average molecular weight is 465 g/mol. The lowest BCUT2D eigenvalue weighted by molar-refractivity contribution is 0.284. The highest BCUT2D eigenvalue weighted by atomic mass is 32.2. The van der Waals surface area contributed by atoms with E-state index in [-0.39, 0.29) is 16.3 Å². The Morgan fingerprint density at radius 2 is 1.73 bits per heavy atom. The molecule has 9 heteroatoms. The predicted octanol–water partition coefficient (Wildman–Crippen LogP) is 4.93. The van der Waals surface area contributed by atoms with E-state index in [0.29, 0.717) is 28.4 Å². The first-order chi connectivity index (χ1) is 15.6. The Balaban J connectivity index is 1.55. The third-order valence-electron chi connectivity index (χ3n) is 6.06. The van der Waals surface area contributed by atoms with E-state index in [1.54, 1.807) is 12.1 Å². The van der Waals surface area contributed by atoms with Gasteiger partial charge in [0.1, 0.15) is 22.3 Å². The van der Waals surface area contributed by atoms with Crippen molar-refractivity contribution >= 4 is 15.7 Å². The zero-order valence-electron chi connectivity index (χ0n) is 18.2. The lowest BCUT2D eigenvalue weighted by Crippen LogP contribution is -2.30. The highest BCUT2D eigenvalue weighted by molar-refractivity contribution is 7.93. The second-order valence-electron chi connectivity index (χ2n) is 8.65. The maximum Gasteiger partial charge on any atom is 0.187 e. The molecule has 33 heavy (non-hydrogen) atoms. The fraction of sp³-hybridized carbons (Fsp3) is 0.208. The quantitative estimate of drug-likeness (QED) is 0.457. The third-order valence-corrected chi connectivity index (χ3v) is 8.60. The standard InChI is InChI=1S/C24H21FN4O3S/c1-13-4-6-14(7-5-13)19-11-17(29-32-19)21-23(26)27-12-18(28-21)15-8-9-20-16(10-15)22(25)24(2,3)33(20,30)31/h4-12,22H,1-3H3,(H2,26,27). The molecule has 0 saturated heterocycles. The number of sulfone groups is 1. The van der Waals surface area contributed by atoms with E-state index in [1.807, 2.05) is 31.2 Å². The molecule has 0 bridgehead atoms. The Kier molecular flexibility index (Phi) is 4.65. The van der Waals surface area contributed by atoms with Crippen molar-refractivity contribution in [2.24, 2.45) is 0 Å². The van der Waals surface area contributed by atoms with Crippen molar-refractivity contribution in [1.82, 2.24) is 15.1 Å². The van der Waals surface area contributed by atoms with Crippen LogP contribution in [0.5, 0.6) is 0 Å². The molecule has 3 heterocycles. The number of nitrogens with two attached hydrogens (primary N) is 1. The largest absolute Gasteiger partial charge is 0.382 e. The maximum absolute atomic E-state index is 15.0. The summed E-state index contributed by atoms with van der Waals surface area (Å²) in [6, 6.07) is 14.1. The second-order valence-corrected chi connectivity index (χ2v) is 11.2. The summed E-state index contributed by atoms with van der Waals surface area (Å²) in [4.78, 5) is 8.80. The number of aromatic nitrogens is 3. The minimum atomic E-state index is -3.77. The van der Waals surface area contributed by atoms with Gasteiger partial charge in [-0.05, 0) is 32.9 Å². The van der Waals surface area contributed by atoms with Crippen molar-refractivity contribution in [2.45, 2.75) is 36.6 Å². The Bertz CT molecular complexity index is 1490. The van der Waals surface area contributed by atoms with Crippen molar-refractivity contribution in [2.75, 3.05) is 5.73 Å². The molecular formula is C24H21FN4O3S. The van der Waals surface area contributed by atoms with Gasteiger partial charge in [-0.3, -0.25) is 0 Å². The molecule has 0 fully saturated rings. The Labute approximate surface area is 190 Å². The molecule has 2 aromatic carbocycles. The topological polar surface area (TPSA) is 112 Å². The minimum Gasteiger partial charge on any atom is -0.382 e. The molecule has 0 spiro atoms. The number of nitrogen functional groups attached to an aromatic ring is 1. The summed E-state index contributed by atoms with van der Waals surface area (Å²) in [6.45, 7) is 4.78. The average Bonchev–Trinajstić information content (AvgIpc) is 3.32. The number of nitrogens with zero attached hydrogens (tertiary/aromatic N) is 3. The van der Waals surface area contributed by atoms with Gasteiger partial charge < -0.3 is 10.3 Å². The van der Waals surface area contributed by atoms with E-state index in [0.717, 1.165) is 11.1 Å². The number of rotatable bonds is 3. The van der Waals surface area contributed by atoms with Crippen LogP contribution < -0.4 is 5.73 Å². The number of hydrogen-bond donors (Lipinski definition) is 1. The molecule has 2 N–H and O–H groups in total. The van der Waals surface area contributed by atoms with E-state index in [1.165, 1.54) is 32.2 Å². The molecule has 7 nitrogen and oxygen atoms in total. The first kappa shape index (κ1) is 21.3. The summed E-state index contributed by atoms with van der Waals surface area (Å²) in [5.41, 5.74) is 9.84. The molecule has 0 amide bonds. The van der Waals surface area contributed by atoms with Crippen LogP contribution >= 0.6 is 0 Å². The Morgan fingerprint density at radius 3 is 2.45 bits per heavy atom. The van der Waals surface area contributed by atoms with E-state index < -0.39 is 20.8 Å². The SMILES string of the molecule is Cc1ccc(-c2cc(-c3nc(-c4ccc5c(c4)C(F)C(C)(C)S5(=O)=O)cnc3N)no2)cc1. The molecule has 1 unspecified atom stereocenters. The molecule has 0 aliphatic carbocycles.